The van der Waals surface area contributed by atoms with Crippen LogP contribution in [0.15, 0.2) is 70.6 Å². The predicted octanol–water partition coefficient (Wildman–Crippen LogP) is 0.908. The summed E-state index contributed by atoms with van der Waals surface area (Å²) in [5.41, 5.74) is 10.3. The summed E-state index contributed by atoms with van der Waals surface area (Å²) in [5, 5.41) is 25.0. The van der Waals surface area contributed by atoms with Gasteiger partial charge in [-0.3, -0.25) is 19.1 Å². The Morgan fingerprint density at radius 2 is 1.50 bits per heavy atom. The first-order chi connectivity index (χ1) is 18.9. The molecule has 1 fully saturated rings. The Morgan fingerprint density at radius 3 is 1.98 bits per heavy atom. The first-order valence-electron chi connectivity index (χ1n) is 13.0. The molecule has 1 saturated carbocycles. The molecule has 0 aromatic heterocycles. The van der Waals surface area contributed by atoms with Crippen LogP contribution in [0.25, 0.3) is 0 Å². The number of amides is 2. The van der Waals surface area contributed by atoms with Gasteiger partial charge in [-0.05, 0) is 50.3 Å². The first-order valence-corrected chi connectivity index (χ1v) is 14.4. The second-order valence-corrected chi connectivity index (χ2v) is 11.0. The van der Waals surface area contributed by atoms with Crippen molar-refractivity contribution in [2.75, 3.05) is 6.54 Å². The van der Waals surface area contributed by atoms with Crippen molar-refractivity contribution < 1.29 is 32.6 Å². The highest BCUT2D eigenvalue weighted by molar-refractivity contribution is 7.85. The number of carbonyl (C=O) groups excluding carboxylic acids is 2. The maximum atomic E-state index is 13.1. The van der Waals surface area contributed by atoms with E-state index in [1.807, 2.05) is 37.3 Å². The van der Waals surface area contributed by atoms with Crippen LogP contribution in [-0.4, -0.2) is 60.4 Å². The van der Waals surface area contributed by atoms with Gasteiger partial charge in [0.2, 0.25) is 11.8 Å². The number of rotatable bonds is 11. The van der Waals surface area contributed by atoms with E-state index >= 15 is 0 Å². The number of hydrogen-bond acceptors (Lipinski definition) is 7. The van der Waals surface area contributed by atoms with E-state index < -0.39 is 34.5 Å². The van der Waals surface area contributed by atoms with E-state index in [1.54, 1.807) is 18.2 Å². The summed E-state index contributed by atoms with van der Waals surface area (Å²) in [4.78, 5) is 30.0. The summed E-state index contributed by atoms with van der Waals surface area (Å²) >= 11 is 0. The highest BCUT2D eigenvalue weighted by Gasteiger charge is 2.49. The number of hydrogen-bond donors (Lipinski definition) is 7. The molecule has 1 aliphatic carbocycles. The minimum Gasteiger partial charge on any atom is -0.426 e. The Kier molecular flexibility index (Phi) is 12.6. The van der Waals surface area contributed by atoms with Crippen molar-refractivity contribution >= 4 is 35.0 Å². The van der Waals surface area contributed by atoms with Gasteiger partial charge in [0.15, 0.2) is 5.96 Å². The van der Waals surface area contributed by atoms with Crippen LogP contribution in [0, 0.1) is 5.41 Å². The number of guanidine groups is 1. The van der Waals surface area contributed by atoms with Crippen molar-refractivity contribution in [3.05, 3.63) is 66.2 Å². The van der Waals surface area contributed by atoms with Gasteiger partial charge in [-0.1, -0.05) is 61.4 Å². The van der Waals surface area contributed by atoms with Crippen LogP contribution in [-0.2, 0) is 19.7 Å². The monoisotopic (exact) mass is 575 g/mol. The molecule has 12 nitrogen and oxygen atoms in total. The summed E-state index contributed by atoms with van der Waals surface area (Å²) in [6.07, 6.45) is 3.08. The molecule has 218 valence electrons. The zero-order chi connectivity index (χ0) is 29.8. The maximum Gasteiger partial charge on any atom is 0.475 e. The summed E-state index contributed by atoms with van der Waals surface area (Å²) in [6, 6.07) is 16.7. The van der Waals surface area contributed by atoms with Crippen molar-refractivity contribution in [2.45, 2.75) is 62.3 Å². The lowest BCUT2D eigenvalue weighted by Crippen LogP contribution is -2.56. The molecule has 0 spiro atoms. The zero-order valence-corrected chi connectivity index (χ0v) is 23.3. The predicted molar refractivity (Wildman–Crippen MR) is 152 cm³/mol. The molecule has 0 saturated heterocycles. The van der Waals surface area contributed by atoms with Crippen LogP contribution in [0.2, 0.25) is 0 Å². The van der Waals surface area contributed by atoms with Crippen LogP contribution in [0.5, 0.6) is 0 Å². The minimum absolute atomic E-state index is 0.0470. The summed E-state index contributed by atoms with van der Waals surface area (Å²) in [7, 11) is -5.75. The molecule has 0 heterocycles. The minimum atomic E-state index is -4.00. The third-order valence-corrected chi connectivity index (χ3v) is 7.53. The standard InChI is InChI=1S/C20H32BN5O4.C6H6O3S/c1-14(15-8-3-2-4-9-15)25-17(27)20(11-5-6-12-20)18(28)26-16(21(29)30)10-7-13-24-19(22)23;7-10(8,9)6-4-2-1-3-5-6/h2-4,8-9,14,16,29-30H,5-7,10-13H2,1H3,(H,25,27)(H,26,28)(H4,22,23,24);1-5H,(H,7,8,9)/t14?,16-;/m0./s1. The Hall–Kier alpha value is -3.46. The molecule has 2 aromatic rings. The van der Waals surface area contributed by atoms with E-state index in [-0.39, 0.29) is 29.2 Å². The van der Waals surface area contributed by atoms with Gasteiger partial charge >= 0.3 is 7.12 Å². The molecule has 0 radical (unpaired) electrons. The quantitative estimate of drug-likeness (QED) is 0.0505. The fourth-order valence-electron chi connectivity index (χ4n) is 4.41. The number of aliphatic imine (C=N–C) groups is 1. The molecule has 0 bridgehead atoms. The van der Waals surface area contributed by atoms with Crippen LogP contribution in [0.1, 0.15) is 57.1 Å². The van der Waals surface area contributed by atoms with Gasteiger partial charge in [-0.15, -0.1) is 0 Å². The smallest absolute Gasteiger partial charge is 0.426 e. The topological polar surface area (TPSA) is 217 Å². The van der Waals surface area contributed by atoms with E-state index in [1.165, 1.54) is 12.1 Å². The Morgan fingerprint density at radius 1 is 0.975 bits per heavy atom. The molecule has 2 atom stereocenters. The molecule has 3 rings (SSSR count). The fourth-order valence-corrected chi connectivity index (χ4v) is 4.91. The van der Waals surface area contributed by atoms with Crippen molar-refractivity contribution in [1.29, 1.82) is 0 Å². The fraction of sp³-hybridized carbons (Fsp3) is 0.423. The third kappa shape index (κ3) is 9.94. The molecule has 1 aliphatic rings. The molecular formula is C26H38BN5O7S. The van der Waals surface area contributed by atoms with Crippen LogP contribution in [0.3, 0.4) is 0 Å². The summed E-state index contributed by atoms with van der Waals surface area (Å²) in [5.74, 6) is -1.77. The van der Waals surface area contributed by atoms with Crippen LogP contribution < -0.4 is 22.1 Å². The molecule has 14 heteroatoms. The van der Waals surface area contributed by atoms with E-state index in [0.717, 1.165) is 18.4 Å². The maximum absolute atomic E-state index is 13.1. The molecule has 9 N–H and O–H groups in total. The Balaban J connectivity index is 0.000000469. The number of nitrogens with two attached hydrogens (primary N) is 2. The van der Waals surface area contributed by atoms with Crippen LogP contribution in [0.4, 0.5) is 0 Å². The SMILES string of the molecule is CC(NC(=O)C1(C(=O)N[C@@H](CCCN=C(N)N)B(O)O)CCCC1)c1ccccc1.O=S(=O)(O)c1ccccc1. The number of carbonyl (C=O) groups is 2. The van der Waals surface area contributed by atoms with E-state index in [9.17, 15) is 28.1 Å². The first kappa shape index (κ1) is 32.8. The van der Waals surface area contributed by atoms with Crippen molar-refractivity contribution in [2.24, 2.45) is 21.9 Å². The summed E-state index contributed by atoms with van der Waals surface area (Å²) < 4.78 is 29.2. The molecule has 40 heavy (non-hydrogen) atoms. The number of nitrogens with one attached hydrogen (secondary N) is 2. The highest BCUT2D eigenvalue weighted by atomic mass is 32.2. The average Bonchev–Trinajstić information content (AvgIpc) is 3.42. The summed E-state index contributed by atoms with van der Waals surface area (Å²) in [6.45, 7) is 2.18. The van der Waals surface area contributed by atoms with E-state index in [0.29, 0.717) is 25.8 Å². The van der Waals surface area contributed by atoms with Gasteiger partial charge in [-0.25, -0.2) is 0 Å². The van der Waals surface area contributed by atoms with Gasteiger partial charge in [0, 0.05) is 6.54 Å². The van der Waals surface area contributed by atoms with Gasteiger partial charge in [-0.2, -0.15) is 8.42 Å². The van der Waals surface area contributed by atoms with Gasteiger partial charge < -0.3 is 32.1 Å². The highest BCUT2D eigenvalue weighted by Crippen LogP contribution is 2.39. The molecule has 0 aliphatic heterocycles. The zero-order valence-electron chi connectivity index (χ0n) is 22.4. The number of nitrogens with zero attached hydrogens (tertiary/aromatic N) is 1. The van der Waals surface area contributed by atoms with Gasteiger partial charge in [0.1, 0.15) is 5.41 Å². The Labute approximate surface area is 235 Å². The lowest BCUT2D eigenvalue weighted by atomic mass is 9.75. The second-order valence-electron chi connectivity index (χ2n) is 9.63. The lowest BCUT2D eigenvalue weighted by Gasteiger charge is -2.30. The second kappa shape index (κ2) is 15.4. The van der Waals surface area contributed by atoms with Gasteiger partial charge in [0.05, 0.1) is 16.9 Å². The number of benzene rings is 2. The lowest BCUT2D eigenvalue weighted by molar-refractivity contribution is -0.144. The van der Waals surface area contributed by atoms with Crippen molar-refractivity contribution in [1.82, 2.24) is 10.6 Å². The van der Waals surface area contributed by atoms with Gasteiger partial charge in [0.25, 0.3) is 10.1 Å². The average molecular weight is 575 g/mol. The van der Waals surface area contributed by atoms with Crippen LogP contribution >= 0.6 is 0 Å². The van der Waals surface area contributed by atoms with Crippen molar-refractivity contribution in [3.8, 4) is 0 Å². The normalized spacial score (nSPS) is 15.5. The largest absolute Gasteiger partial charge is 0.475 e. The van der Waals surface area contributed by atoms with E-state index in [2.05, 4.69) is 15.6 Å². The molecular weight excluding hydrogens is 537 g/mol. The van der Waals surface area contributed by atoms with E-state index in [4.69, 9.17) is 16.0 Å². The third-order valence-electron chi connectivity index (χ3n) is 6.66. The molecule has 1 unspecified atom stereocenters. The van der Waals surface area contributed by atoms with Crippen molar-refractivity contribution in [3.63, 3.8) is 0 Å². The molecule has 2 amide bonds. The Bertz CT molecular complexity index is 1220. The molecule has 2 aromatic carbocycles.